The summed E-state index contributed by atoms with van der Waals surface area (Å²) in [5, 5.41) is 0. The molecule has 0 amide bonds. The van der Waals surface area contributed by atoms with E-state index < -0.39 is 0 Å². The lowest BCUT2D eigenvalue weighted by Gasteiger charge is -2.09. The Labute approximate surface area is 129 Å². The molecule has 0 aliphatic heterocycles. The summed E-state index contributed by atoms with van der Waals surface area (Å²) in [5.41, 5.74) is 1.08. The van der Waals surface area contributed by atoms with Crippen molar-refractivity contribution in [3.05, 3.63) is 59.7 Å². The number of benzene rings is 2. The van der Waals surface area contributed by atoms with Crippen molar-refractivity contribution >= 4 is 11.6 Å². The van der Waals surface area contributed by atoms with Crippen molar-refractivity contribution in [1.82, 2.24) is 0 Å². The van der Waals surface area contributed by atoms with Crippen LogP contribution in [0.4, 0.5) is 0 Å². The highest BCUT2D eigenvalue weighted by Crippen LogP contribution is 2.26. The van der Waals surface area contributed by atoms with Gasteiger partial charge in [-0.3, -0.25) is 9.59 Å². The van der Waals surface area contributed by atoms with Crippen LogP contribution in [0.3, 0.4) is 0 Å². The van der Waals surface area contributed by atoms with Gasteiger partial charge in [0, 0.05) is 24.5 Å². The van der Waals surface area contributed by atoms with E-state index in [1.54, 1.807) is 37.4 Å². The van der Waals surface area contributed by atoms with Gasteiger partial charge in [0.2, 0.25) is 0 Å². The maximum atomic E-state index is 12.3. The molecule has 0 aromatic heterocycles. The van der Waals surface area contributed by atoms with Crippen LogP contribution in [0.2, 0.25) is 0 Å². The molecule has 4 nitrogen and oxygen atoms in total. The summed E-state index contributed by atoms with van der Waals surface area (Å²) in [6, 6.07) is 14.0. The van der Waals surface area contributed by atoms with Crippen LogP contribution in [0.15, 0.2) is 48.5 Å². The molecule has 4 heteroatoms. The SMILES string of the molecule is COc1ccc(C(=O)CCC(=O)c2ccccc2)c(OC)c1. The van der Waals surface area contributed by atoms with E-state index >= 15 is 0 Å². The molecule has 0 atom stereocenters. The second-order valence-electron chi connectivity index (χ2n) is 4.78. The zero-order valence-corrected chi connectivity index (χ0v) is 12.7. The molecule has 0 saturated carbocycles. The van der Waals surface area contributed by atoms with E-state index in [0.717, 1.165) is 0 Å². The zero-order chi connectivity index (χ0) is 15.9. The molecule has 0 aliphatic rings. The summed E-state index contributed by atoms with van der Waals surface area (Å²) < 4.78 is 10.3. The third-order valence-electron chi connectivity index (χ3n) is 3.38. The van der Waals surface area contributed by atoms with Gasteiger partial charge in [0.05, 0.1) is 19.8 Å². The van der Waals surface area contributed by atoms with Crippen molar-refractivity contribution in [2.75, 3.05) is 14.2 Å². The average Bonchev–Trinajstić information content (AvgIpc) is 2.59. The van der Waals surface area contributed by atoms with E-state index in [1.807, 2.05) is 18.2 Å². The number of hydrogen-bond acceptors (Lipinski definition) is 4. The minimum atomic E-state index is -0.121. The number of ketones is 2. The third kappa shape index (κ3) is 3.73. The first kappa shape index (κ1) is 15.8. The maximum absolute atomic E-state index is 12.3. The number of hydrogen-bond donors (Lipinski definition) is 0. The van der Waals surface area contributed by atoms with E-state index in [4.69, 9.17) is 9.47 Å². The number of methoxy groups -OCH3 is 2. The maximum Gasteiger partial charge on any atom is 0.167 e. The van der Waals surface area contributed by atoms with E-state index in [-0.39, 0.29) is 24.4 Å². The van der Waals surface area contributed by atoms with Crippen LogP contribution in [0, 0.1) is 0 Å². The molecule has 2 rings (SSSR count). The predicted molar refractivity (Wildman–Crippen MR) is 83.9 cm³/mol. The van der Waals surface area contributed by atoms with Crippen LogP contribution in [-0.2, 0) is 0 Å². The molecule has 0 saturated heterocycles. The Bertz CT molecular complexity index is 662. The highest BCUT2D eigenvalue weighted by atomic mass is 16.5. The van der Waals surface area contributed by atoms with Gasteiger partial charge in [0.15, 0.2) is 11.6 Å². The lowest BCUT2D eigenvalue weighted by molar-refractivity contribution is 0.0916. The van der Waals surface area contributed by atoms with Gasteiger partial charge in [0.1, 0.15) is 11.5 Å². The quantitative estimate of drug-likeness (QED) is 0.734. The Kier molecular flexibility index (Phi) is 5.31. The molecule has 0 N–H and O–H groups in total. The van der Waals surface area contributed by atoms with Gasteiger partial charge >= 0.3 is 0 Å². The van der Waals surface area contributed by atoms with Gasteiger partial charge in [-0.15, -0.1) is 0 Å². The van der Waals surface area contributed by atoms with Gasteiger partial charge in [-0.05, 0) is 12.1 Å². The molecule has 0 unspecified atom stereocenters. The van der Waals surface area contributed by atoms with E-state index in [2.05, 4.69) is 0 Å². The Morgan fingerprint density at radius 1 is 0.864 bits per heavy atom. The van der Waals surface area contributed by atoms with E-state index in [0.29, 0.717) is 22.6 Å². The number of ether oxygens (including phenoxy) is 2. The van der Waals surface area contributed by atoms with Crippen molar-refractivity contribution in [1.29, 1.82) is 0 Å². The zero-order valence-electron chi connectivity index (χ0n) is 12.7. The van der Waals surface area contributed by atoms with Gasteiger partial charge in [-0.25, -0.2) is 0 Å². The standard InChI is InChI=1S/C18H18O4/c1-21-14-8-9-15(18(12-14)22-2)17(20)11-10-16(19)13-6-4-3-5-7-13/h3-9,12H,10-11H2,1-2H3. The van der Waals surface area contributed by atoms with Gasteiger partial charge in [-0.1, -0.05) is 30.3 Å². The Morgan fingerprint density at radius 3 is 2.18 bits per heavy atom. The molecule has 0 fully saturated rings. The molecule has 114 valence electrons. The van der Waals surface area contributed by atoms with Crippen LogP contribution >= 0.6 is 0 Å². The first-order chi connectivity index (χ1) is 10.7. The topological polar surface area (TPSA) is 52.6 Å². The molecule has 0 radical (unpaired) electrons. The molecular formula is C18H18O4. The van der Waals surface area contributed by atoms with Crippen LogP contribution in [0.25, 0.3) is 0 Å². The normalized spacial score (nSPS) is 10.1. The summed E-state index contributed by atoms with van der Waals surface area (Å²) in [6.07, 6.45) is 0.328. The van der Waals surface area contributed by atoms with Crippen molar-refractivity contribution in [2.24, 2.45) is 0 Å². The molecule has 0 bridgehead atoms. The third-order valence-corrected chi connectivity index (χ3v) is 3.38. The number of carbonyl (C=O) groups is 2. The number of carbonyl (C=O) groups excluding carboxylic acids is 2. The van der Waals surface area contributed by atoms with E-state index in [1.165, 1.54) is 7.11 Å². The first-order valence-electron chi connectivity index (χ1n) is 6.99. The summed E-state index contributed by atoms with van der Waals surface area (Å²) in [7, 11) is 3.05. The number of rotatable bonds is 7. The molecule has 0 aliphatic carbocycles. The minimum absolute atomic E-state index is 0.0403. The molecule has 2 aromatic carbocycles. The van der Waals surface area contributed by atoms with Crippen molar-refractivity contribution in [2.45, 2.75) is 12.8 Å². The van der Waals surface area contributed by atoms with E-state index in [9.17, 15) is 9.59 Å². The van der Waals surface area contributed by atoms with Crippen LogP contribution in [-0.4, -0.2) is 25.8 Å². The van der Waals surface area contributed by atoms with Crippen LogP contribution in [0.1, 0.15) is 33.6 Å². The van der Waals surface area contributed by atoms with Gasteiger partial charge in [-0.2, -0.15) is 0 Å². The highest BCUT2D eigenvalue weighted by molar-refractivity contribution is 6.03. The minimum Gasteiger partial charge on any atom is -0.497 e. The highest BCUT2D eigenvalue weighted by Gasteiger charge is 2.15. The lowest BCUT2D eigenvalue weighted by atomic mass is 10.0. The lowest BCUT2D eigenvalue weighted by Crippen LogP contribution is -2.06. The van der Waals surface area contributed by atoms with Crippen LogP contribution < -0.4 is 9.47 Å². The Hall–Kier alpha value is -2.62. The summed E-state index contributed by atoms with van der Waals surface area (Å²) in [5.74, 6) is 0.912. The monoisotopic (exact) mass is 298 g/mol. The molecule has 0 heterocycles. The van der Waals surface area contributed by atoms with Crippen molar-refractivity contribution < 1.29 is 19.1 Å². The smallest absolute Gasteiger partial charge is 0.167 e. The summed E-state index contributed by atoms with van der Waals surface area (Å²) >= 11 is 0. The molecule has 0 spiro atoms. The summed E-state index contributed by atoms with van der Waals surface area (Å²) in [4.78, 5) is 24.3. The van der Waals surface area contributed by atoms with Crippen LogP contribution in [0.5, 0.6) is 11.5 Å². The fraction of sp³-hybridized carbons (Fsp3) is 0.222. The number of Topliss-reactive ketones (excluding diaryl/α,β-unsaturated/α-hetero) is 2. The molecular weight excluding hydrogens is 280 g/mol. The average molecular weight is 298 g/mol. The second kappa shape index (κ2) is 7.41. The predicted octanol–water partition coefficient (Wildman–Crippen LogP) is 3.55. The largest absolute Gasteiger partial charge is 0.497 e. The Balaban J connectivity index is 2.05. The second-order valence-corrected chi connectivity index (χ2v) is 4.78. The van der Waals surface area contributed by atoms with Crippen molar-refractivity contribution in [3.8, 4) is 11.5 Å². The molecule has 2 aromatic rings. The van der Waals surface area contributed by atoms with Gasteiger partial charge < -0.3 is 9.47 Å². The van der Waals surface area contributed by atoms with Gasteiger partial charge in [0.25, 0.3) is 0 Å². The van der Waals surface area contributed by atoms with Crippen molar-refractivity contribution in [3.63, 3.8) is 0 Å². The molecule has 22 heavy (non-hydrogen) atoms. The fourth-order valence-corrected chi connectivity index (χ4v) is 2.16. The Morgan fingerprint density at radius 2 is 1.55 bits per heavy atom. The fourth-order valence-electron chi connectivity index (χ4n) is 2.16. The first-order valence-corrected chi connectivity index (χ1v) is 6.99. The summed E-state index contributed by atoms with van der Waals surface area (Å²) in [6.45, 7) is 0.